The lowest BCUT2D eigenvalue weighted by Gasteiger charge is -2.41. The van der Waals surface area contributed by atoms with E-state index >= 15 is 0 Å². The van der Waals surface area contributed by atoms with Gasteiger partial charge in [0.15, 0.2) is 0 Å². The zero-order chi connectivity index (χ0) is 17.5. The van der Waals surface area contributed by atoms with Crippen molar-refractivity contribution in [3.8, 4) is 0 Å². The highest BCUT2D eigenvalue weighted by atomic mass is 16.5. The van der Waals surface area contributed by atoms with Gasteiger partial charge in [-0.15, -0.1) is 0 Å². The number of carbonyl (C=O) groups is 2. The predicted octanol–water partition coefficient (Wildman–Crippen LogP) is 2.27. The zero-order valence-corrected chi connectivity index (χ0v) is 14.2. The third-order valence-electron chi connectivity index (χ3n) is 4.58. The molecule has 1 saturated carbocycles. The maximum atomic E-state index is 12.4. The van der Waals surface area contributed by atoms with Gasteiger partial charge in [0.25, 0.3) is 5.91 Å². The first-order valence-corrected chi connectivity index (χ1v) is 8.46. The molecule has 0 bridgehead atoms. The lowest BCUT2D eigenvalue weighted by Crippen LogP contribution is -2.53. The number of unbranched alkanes of at least 4 members (excludes halogenated alkanes) is 1. The van der Waals surface area contributed by atoms with Crippen LogP contribution in [0.2, 0.25) is 0 Å². The van der Waals surface area contributed by atoms with Crippen LogP contribution in [0.25, 0.3) is 0 Å². The lowest BCUT2D eigenvalue weighted by molar-refractivity contribution is -0.177. The van der Waals surface area contributed by atoms with Gasteiger partial charge in [0.2, 0.25) is 6.41 Å². The molecule has 3 N–H and O–H groups in total. The number of nitrogens with zero attached hydrogens (tertiary/aromatic N) is 2. The molecule has 0 aliphatic heterocycles. The van der Waals surface area contributed by atoms with Gasteiger partial charge in [0.1, 0.15) is 11.9 Å². The number of anilines is 1. The van der Waals surface area contributed by atoms with Crippen LogP contribution in [-0.4, -0.2) is 33.6 Å². The highest BCUT2D eigenvalue weighted by Crippen LogP contribution is 2.40. The van der Waals surface area contributed by atoms with E-state index in [1.54, 1.807) is 12.3 Å². The van der Waals surface area contributed by atoms with Crippen molar-refractivity contribution >= 4 is 18.1 Å². The van der Waals surface area contributed by atoms with Gasteiger partial charge in [0.05, 0.1) is 0 Å². The minimum Gasteiger partial charge on any atom is -0.285 e. The molecule has 1 aromatic rings. The van der Waals surface area contributed by atoms with Crippen molar-refractivity contribution in [2.45, 2.75) is 52.0 Å². The minimum absolute atomic E-state index is 0.0191. The molecule has 0 spiro atoms. The summed E-state index contributed by atoms with van der Waals surface area (Å²) in [6.45, 7) is 4.07. The minimum atomic E-state index is -0.877. The number of aryl methyl sites for hydroxylation is 1. The van der Waals surface area contributed by atoms with E-state index in [4.69, 9.17) is 0 Å². The molecule has 1 aliphatic rings. The van der Waals surface area contributed by atoms with Crippen LogP contribution in [0.3, 0.4) is 0 Å². The number of carbonyl (C=O) groups excluding carboxylic acids is 2. The fourth-order valence-corrected chi connectivity index (χ4v) is 3.19. The molecule has 2 amide bonds. The first-order chi connectivity index (χ1) is 11.5. The molecular weight excluding hydrogens is 308 g/mol. The Bertz CT molecular complexity index is 561. The second-order valence-electron chi connectivity index (χ2n) is 6.50. The van der Waals surface area contributed by atoms with Crippen LogP contribution >= 0.6 is 0 Å². The standard InChI is InChI=1S/C17H26N4O3/c1-3-4-5-13-9-14(10-13)16(21(24)11-22)17(23)20-19-15-8-12(2)6-7-18-15/h6-8,11,13-14,16,24H,3-5,9-10H2,1-2H3,(H,18,19)(H,20,23). The molecule has 2 rings (SSSR count). The first-order valence-electron chi connectivity index (χ1n) is 8.46. The van der Waals surface area contributed by atoms with E-state index in [1.165, 1.54) is 6.42 Å². The van der Waals surface area contributed by atoms with Crippen molar-refractivity contribution in [3.05, 3.63) is 23.9 Å². The summed E-state index contributed by atoms with van der Waals surface area (Å²) in [4.78, 5) is 27.4. The SMILES string of the molecule is CCCCC1CC(C(C(=O)NNc2cc(C)ccn2)N(O)C=O)C1. The second kappa shape index (κ2) is 8.63. The van der Waals surface area contributed by atoms with Gasteiger partial charge >= 0.3 is 0 Å². The fourth-order valence-electron chi connectivity index (χ4n) is 3.19. The van der Waals surface area contributed by atoms with Crippen LogP contribution in [0, 0.1) is 18.8 Å². The summed E-state index contributed by atoms with van der Waals surface area (Å²) < 4.78 is 0. The van der Waals surface area contributed by atoms with Crippen LogP contribution in [-0.2, 0) is 9.59 Å². The zero-order valence-electron chi connectivity index (χ0n) is 14.2. The van der Waals surface area contributed by atoms with E-state index in [2.05, 4.69) is 22.8 Å². The Morgan fingerprint density at radius 1 is 1.54 bits per heavy atom. The van der Waals surface area contributed by atoms with Gasteiger partial charge < -0.3 is 0 Å². The predicted molar refractivity (Wildman–Crippen MR) is 90.0 cm³/mol. The molecule has 1 aromatic heterocycles. The van der Waals surface area contributed by atoms with E-state index in [0.29, 0.717) is 16.8 Å². The molecule has 7 nitrogen and oxygen atoms in total. The first kappa shape index (κ1) is 18.2. The highest BCUT2D eigenvalue weighted by molar-refractivity contribution is 5.84. The number of hydroxylamine groups is 2. The number of hydrogen-bond donors (Lipinski definition) is 3. The van der Waals surface area contributed by atoms with Crippen LogP contribution in [0.5, 0.6) is 0 Å². The lowest BCUT2D eigenvalue weighted by atomic mass is 9.69. The van der Waals surface area contributed by atoms with E-state index in [-0.39, 0.29) is 12.3 Å². The Kier molecular flexibility index (Phi) is 6.54. The Morgan fingerprint density at radius 2 is 2.29 bits per heavy atom. The van der Waals surface area contributed by atoms with Crippen molar-refractivity contribution < 1.29 is 14.8 Å². The molecule has 1 fully saturated rings. The number of rotatable bonds is 9. The van der Waals surface area contributed by atoms with Crippen LogP contribution in [0.15, 0.2) is 18.3 Å². The van der Waals surface area contributed by atoms with E-state index < -0.39 is 11.9 Å². The quantitative estimate of drug-likeness (QED) is 0.366. The molecule has 1 unspecified atom stereocenters. The normalized spacial score (nSPS) is 20.6. The van der Waals surface area contributed by atoms with Crippen LogP contribution in [0.1, 0.15) is 44.6 Å². The van der Waals surface area contributed by atoms with E-state index in [1.807, 2.05) is 13.0 Å². The number of hydrazine groups is 1. The van der Waals surface area contributed by atoms with E-state index in [0.717, 1.165) is 31.2 Å². The summed E-state index contributed by atoms with van der Waals surface area (Å²) >= 11 is 0. The molecule has 0 radical (unpaired) electrons. The van der Waals surface area contributed by atoms with Crippen LogP contribution in [0.4, 0.5) is 5.82 Å². The summed E-state index contributed by atoms with van der Waals surface area (Å²) in [7, 11) is 0. The number of nitrogens with one attached hydrogen (secondary N) is 2. The van der Waals surface area contributed by atoms with Crippen molar-refractivity contribution in [3.63, 3.8) is 0 Å². The van der Waals surface area contributed by atoms with Gasteiger partial charge in [-0.3, -0.25) is 25.6 Å². The second-order valence-corrected chi connectivity index (χ2v) is 6.50. The maximum absolute atomic E-state index is 12.4. The molecule has 24 heavy (non-hydrogen) atoms. The smallest absolute Gasteiger partial charge is 0.264 e. The van der Waals surface area contributed by atoms with Gasteiger partial charge in [0, 0.05) is 6.20 Å². The largest absolute Gasteiger partial charge is 0.285 e. The van der Waals surface area contributed by atoms with Gasteiger partial charge in [-0.1, -0.05) is 26.2 Å². The van der Waals surface area contributed by atoms with Crippen LogP contribution < -0.4 is 10.9 Å². The molecule has 0 saturated heterocycles. The van der Waals surface area contributed by atoms with Crippen molar-refractivity contribution in [2.75, 3.05) is 5.43 Å². The Balaban J connectivity index is 1.90. The summed E-state index contributed by atoms with van der Waals surface area (Å²) in [5, 5.41) is 10.3. The molecule has 1 heterocycles. The molecule has 7 heteroatoms. The maximum Gasteiger partial charge on any atom is 0.264 e. The third-order valence-corrected chi connectivity index (χ3v) is 4.58. The summed E-state index contributed by atoms with van der Waals surface area (Å²) in [5.41, 5.74) is 6.27. The number of hydrogen-bond acceptors (Lipinski definition) is 5. The summed E-state index contributed by atoms with van der Waals surface area (Å²) in [6, 6.07) is 2.76. The Labute approximate surface area is 142 Å². The van der Waals surface area contributed by atoms with Crippen molar-refractivity contribution in [1.82, 2.24) is 15.5 Å². The Hall–Kier alpha value is -2.15. The fraction of sp³-hybridized carbons (Fsp3) is 0.588. The van der Waals surface area contributed by atoms with Crippen molar-refractivity contribution in [1.29, 1.82) is 0 Å². The van der Waals surface area contributed by atoms with E-state index in [9.17, 15) is 14.8 Å². The van der Waals surface area contributed by atoms with Gasteiger partial charge in [-0.05, 0) is 49.3 Å². The topological polar surface area (TPSA) is 94.6 Å². The van der Waals surface area contributed by atoms with Crippen molar-refractivity contribution in [2.24, 2.45) is 11.8 Å². The summed E-state index contributed by atoms with van der Waals surface area (Å²) in [6.07, 6.45) is 7.09. The average Bonchev–Trinajstić information content (AvgIpc) is 2.54. The third kappa shape index (κ3) is 4.67. The average molecular weight is 334 g/mol. The highest BCUT2D eigenvalue weighted by Gasteiger charge is 2.41. The summed E-state index contributed by atoms with van der Waals surface area (Å²) in [5.74, 6) is 0.630. The monoisotopic (exact) mass is 334 g/mol. The number of pyridine rings is 1. The number of aromatic nitrogens is 1. The molecule has 1 aliphatic carbocycles. The van der Waals surface area contributed by atoms with Gasteiger partial charge in [-0.2, -0.15) is 0 Å². The number of amides is 2. The Morgan fingerprint density at radius 3 is 2.92 bits per heavy atom. The molecule has 0 aromatic carbocycles. The molecular formula is C17H26N4O3. The molecule has 1 atom stereocenters. The molecule has 132 valence electrons. The van der Waals surface area contributed by atoms with Gasteiger partial charge in [-0.25, -0.2) is 10.0 Å².